The number of alkyl halides is 2. The minimum Gasteiger partial charge on any atom is -0.307 e. The third-order valence-electron chi connectivity index (χ3n) is 3.48. The first kappa shape index (κ1) is 13.9. The van der Waals surface area contributed by atoms with E-state index in [0.29, 0.717) is 5.92 Å². The largest absolute Gasteiger partial charge is 0.307 e. The van der Waals surface area contributed by atoms with Gasteiger partial charge in [0.1, 0.15) is 0 Å². The fraction of sp³-hybridized carbons (Fsp3) is 0.692. The van der Waals surface area contributed by atoms with Crippen LogP contribution < -0.4 is 5.32 Å². The molecule has 2 rings (SSSR count). The van der Waals surface area contributed by atoms with E-state index in [4.69, 9.17) is 0 Å². The first-order valence-electron chi connectivity index (χ1n) is 6.46. The molecular formula is C13H20F2N2S. The highest BCUT2D eigenvalue weighted by Crippen LogP contribution is 2.30. The standard InChI is InChI=1S/C13H20F2N2S/c1-2-17-8-10(12-4-3-5-18-12)6-11(9-17)16-7-13(14)15/h3-5,10-11,13,16H,2,6-9H2,1H3. The van der Waals surface area contributed by atoms with E-state index in [1.807, 2.05) is 0 Å². The molecule has 1 aliphatic rings. The Kier molecular flexibility index (Phi) is 5.09. The third kappa shape index (κ3) is 3.73. The third-order valence-corrected chi connectivity index (χ3v) is 4.51. The van der Waals surface area contributed by atoms with E-state index in [2.05, 4.69) is 34.7 Å². The molecule has 1 aromatic heterocycles. The van der Waals surface area contributed by atoms with Gasteiger partial charge in [0.15, 0.2) is 0 Å². The summed E-state index contributed by atoms with van der Waals surface area (Å²) in [5, 5.41) is 5.08. The molecule has 0 saturated carbocycles. The van der Waals surface area contributed by atoms with Gasteiger partial charge in [-0.25, -0.2) is 8.78 Å². The van der Waals surface area contributed by atoms with E-state index in [0.717, 1.165) is 26.1 Å². The Labute approximate surface area is 111 Å². The lowest BCUT2D eigenvalue weighted by molar-refractivity contribution is 0.123. The molecule has 1 N–H and O–H groups in total. The van der Waals surface area contributed by atoms with Gasteiger partial charge in [0, 0.05) is 29.9 Å². The van der Waals surface area contributed by atoms with Crippen molar-refractivity contribution in [2.75, 3.05) is 26.2 Å². The summed E-state index contributed by atoms with van der Waals surface area (Å²) >= 11 is 1.77. The quantitative estimate of drug-likeness (QED) is 0.888. The highest BCUT2D eigenvalue weighted by molar-refractivity contribution is 7.10. The lowest BCUT2D eigenvalue weighted by atomic mass is 9.93. The summed E-state index contributed by atoms with van der Waals surface area (Å²) in [5.41, 5.74) is 0. The minimum absolute atomic E-state index is 0.180. The molecule has 1 fully saturated rings. The predicted molar refractivity (Wildman–Crippen MR) is 71.6 cm³/mol. The molecule has 2 unspecified atom stereocenters. The molecule has 1 aliphatic heterocycles. The van der Waals surface area contributed by atoms with Crippen molar-refractivity contribution in [2.45, 2.75) is 31.7 Å². The van der Waals surface area contributed by atoms with Crippen LogP contribution in [0.3, 0.4) is 0 Å². The minimum atomic E-state index is -2.26. The monoisotopic (exact) mass is 274 g/mol. The summed E-state index contributed by atoms with van der Waals surface area (Å²) in [5.74, 6) is 0.480. The predicted octanol–water partition coefficient (Wildman–Crippen LogP) is 2.78. The molecule has 0 bridgehead atoms. The van der Waals surface area contributed by atoms with Crippen LogP contribution in [0.4, 0.5) is 8.78 Å². The second-order valence-corrected chi connectivity index (χ2v) is 5.78. The summed E-state index contributed by atoms with van der Waals surface area (Å²) in [6.45, 7) is 4.84. The lowest BCUT2D eigenvalue weighted by Crippen LogP contribution is -2.49. The number of piperidine rings is 1. The first-order chi connectivity index (χ1) is 8.69. The molecule has 0 aliphatic carbocycles. The molecule has 1 saturated heterocycles. The van der Waals surface area contributed by atoms with Crippen LogP contribution in [0.5, 0.6) is 0 Å². The SMILES string of the molecule is CCN1CC(NCC(F)F)CC(c2cccs2)C1. The van der Waals surface area contributed by atoms with Gasteiger partial charge in [-0.15, -0.1) is 11.3 Å². The van der Waals surface area contributed by atoms with Crippen molar-refractivity contribution in [2.24, 2.45) is 0 Å². The summed E-state index contributed by atoms with van der Waals surface area (Å²) < 4.78 is 24.5. The van der Waals surface area contributed by atoms with Gasteiger partial charge in [0.05, 0.1) is 6.54 Å². The van der Waals surface area contributed by atoms with E-state index in [9.17, 15) is 8.78 Å². The molecular weight excluding hydrogens is 254 g/mol. The van der Waals surface area contributed by atoms with Crippen LogP contribution in [0.2, 0.25) is 0 Å². The molecule has 102 valence electrons. The number of hydrogen-bond acceptors (Lipinski definition) is 3. The number of nitrogens with zero attached hydrogens (tertiary/aromatic N) is 1. The number of likely N-dealkylation sites (N-methyl/N-ethyl adjacent to an activating group) is 1. The zero-order valence-corrected chi connectivity index (χ0v) is 11.4. The summed E-state index contributed by atoms with van der Waals surface area (Å²) in [4.78, 5) is 3.72. The van der Waals surface area contributed by atoms with Crippen molar-refractivity contribution in [3.05, 3.63) is 22.4 Å². The molecule has 2 atom stereocenters. The smallest absolute Gasteiger partial charge is 0.250 e. The van der Waals surface area contributed by atoms with E-state index < -0.39 is 6.43 Å². The Hall–Kier alpha value is -0.520. The molecule has 0 spiro atoms. The number of hydrogen-bond donors (Lipinski definition) is 1. The highest BCUT2D eigenvalue weighted by atomic mass is 32.1. The van der Waals surface area contributed by atoms with Gasteiger partial charge in [-0.2, -0.15) is 0 Å². The highest BCUT2D eigenvalue weighted by Gasteiger charge is 2.28. The number of thiophene rings is 1. The van der Waals surface area contributed by atoms with E-state index in [-0.39, 0.29) is 12.6 Å². The number of rotatable bonds is 5. The maximum atomic E-state index is 12.3. The number of likely N-dealkylation sites (tertiary alicyclic amines) is 1. The second-order valence-electron chi connectivity index (χ2n) is 4.80. The molecule has 0 radical (unpaired) electrons. The summed E-state index contributed by atoms with van der Waals surface area (Å²) in [7, 11) is 0. The van der Waals surface area contributed by atoms with Crippen LogP contribution in [-0.2, 0) is 0 Å². The van der Waals surface area contributed by atoms with Crippen molar-refractivity contribution >= 4 is 11.3 Å². The van der Waals surface area contributed by atoms with Gasteiger partial charge in [0.2, 0.25) is 0 Å². The Morgan fingerprint density at radius 2 is 2.33 bits per heavy atom. The van der Waals surface area contributed by atoms with Crippen LogP contribution in [0, 0.1) is 0 Å². The van der Waals surface area contributed by atoms with E-state index in [1.165, 1.54) is 4.88 Å². The van der Waals surface area contributed by atoms with Crippen molar-refractivity contribution in [3.63, 3.8) is 0 Å². The van der Waals surface area contributed by atoms with Crippen LogP contribution >= 0.6 is 11.3 Å². The normalized spacial score (nSPS) is 25.8. The van der Waals surface area contributed by atoms with Crippen molar-refractivity contribution < 1.29 is 8.78 Å². The van der Waals surface area contributed by atoms with Crippen LogP contribution in [0.25, 0.3) is 0 Å². The van der Waals surface area contributed by atoms with Crippen molar-refractivity contribution in [1.82, 2.24) is 10.2 Å². The lowest BCUT2D eigenvalue weighted by Gasteiger charge is -2.37. The maximum Gasteiger partial charge on any atom is 0.250 e. The zero-order valence-electron chi connectivity index (χ0n) is 10.6. The van der Waals surface area contributed by atoms with Crippen molar-refractivity contribution in [3.8, 4) is 0 Å². The second kappa shape index (κ2) is 6.59. The molecule has 0 amide bonds. The Balaban J connectivity index is 1.95. The zero-order chi connectivity index (χ0) is 13.0. The average molecular weight is 274 g/mol. The van der Waals surface area contributed by atoms with Crippen LogP contribution in [0.1, 0.15) is 24.1 Å². The average Bonchev–Trinajstić information content (AvgIpc) is 2.89. The molecule has 18 heavy (non-hydrogen) atoms. The van der Waals surface area contributed by atoms with E-state index in [1.54, 1.807) is 11.3 Å². The van der Waals surface area contributed by atoms with Gasteiger partial charge >= 0.3 is 0 Å². The molecule has 2 nitrogen and oxygen atoms in total. The first-order valence-corrected chi connectivity index (χ1v) is 7.34. The molecule has 0 aromatic carbocycles. The maximum absolute atomic E-state index is 12.3. The summed E-state index contributed by atoms with van der Waals surface area (Å²) in [6.07, 6.45) is -1.30. The van der Waals surface area contributed by atoms with Gasteiger partial charge in [-0.1, -0.05) is 13.0 Å². The fourth-order valence-corrected chi connectivity index (χ4v) is 3.42. The van der Waals surface area contributed by atoms with Gasteiger partial charge in [-0.05, 0) is 24.4 Å². The number of nitrogens with one attached hydrogen (secondary N) is 1. The Bertz CT molecular complexity index is 343. The van der Waals surface area contributed by atoms with Crippen molar-refractivity contribution in [1.29, 1.82) is 0 Å². The summed E-state index contributed by atoms with van der Waals surface area (Å²) in [6, 6.07) is 4.39. The molecule has 2 heterocycles. The Morgan fingerprint density at radius 1 is 1.50 bits per heavy atom. The Morgan fingerprint density at radius 3 is 2.94 bits per heavy atom. The topological polar surface area (TPSA) is 15.3 Å². The van der Waals surface area contributed by atoms with Gasteiger partial charge in [0.25, 0.3) is 6.43 Å². The van der Waals surface area contributed by atoms with Gasteiger partial charge < -0.3 is 10.2 Å². The number of halogens is 2. The molecule has 5 heteroatoms. The van der Waals surface area contributed by atoms with Crippen LogP contribution in [0.15, 0.2) is 17.5 Å². The van der Waals surface area contributed by atoms with Crippen LogP contribution in [-0.4, -0.2) is 43.5 Å². The van der Waals surface area contributed by atoms with E-state index >= 15 is 0 Å². The fourth-order valence-electron chi connectivity index (χ4n) is 2.58. The molecule has 1 aromatic rings. The van der Waals surface area contributed by atoms with Gasteiger partial charge in [-0.3, -0.25) is 0 Å².